The molecular weight excluding hydrogens is 171 g/mol. The average Bonchev–Trinajstić information content (AvgIpc) is 1.97. The van der Waals surface area contributed by atoms with Gasteiger partial charge < -0.3 is 21.1 Å². The smallest absolute Gasteiger partial charge is 0.411 e. The van der Waals surface area contributed by atoms with Gasteiger partial charge in [0, 0.05) is 7.11 Å². The van der Waals surface area contributed by atoms with Gasteiger partial charge in [-0.2, -0.15) is 0 Å². The number of rotatable bonds is 7. The maximum atomic E-state index is 5.10. The molecule has 62 valence electrons. The number of methoxy groups -OCH3 is 1. The molecule has 0 unspecified atom stereocenters. The van der Waals surface area contributed by atoms with Crippen molar-refractivity contribution in [3.63, 3.8) is 0 Å². The van der Waals surface area contributed by atoms with E-state index in [2.05, 4.69) is 6.92 Å². The third kappa shape index (κ3) is 14.4. The van der Waals surface area contributed by atoms with Crippen molar-refractivity contribution in [1.29, 1.82) is 0 Å². The molecular formula is C7H15KO3. The van der Waals surface area contributed by atoms with Gasteiger partial charge in [0.25, 0.3) is 0 Å². The molecule has 0 aromatic carbocycles. The summed E-state index contributed by atoms with van der Waals surface area (Å²) in [6.07, 6.45) is 0. The van der Waals surface area contributed by atoms with E-state index in [1.807, 2.05) is 0 Å². The van der Waals surface area contributed by atoms with Crippen molar-refractivity contribution in [2.75, 3.05) is 40.1 Å². The van der Waals surface area contributed by atoms with Crippen LogP contribution in [0.4, 0.5) is 0 Å². The van der Waals surface area contributed by atoms with Gasteiger partial charge in [-0.25, -0.2) is 0 Å². The van der Waals surface area contributed by atoms with E-state index >= 15 is 0 Å². The molecule has 0 saturated carbocycles. The van der Waals surface area contributed by atoms with Gasteiger partial charge in [-0.15, -0.1) is 0 Å². The minimum Gasteiger partial charge on any atom is -0.411 e. The Kier molecular flexibility index (Phi) is 19.2. The van der Waals surface area contributed by atoms with E-state index in [1.54, 1.807) is 7.11 Å². The predicted molar refractivity (Wildman–Crippen MR) is 38.9 cm³/mol. The topological polar surface area (TPSA) is 27.7 Å². The molecule has 0 fully saturated rings. The quantitative estimate of drug-likeness (QED) is 0.250. The van der Waals surface area contributed by atoms with Gasteiger partial charge in [0.05, 0.1) is 26.4 Å². The summed E-state index contributed by atoms with van der Waals surface area (Å²) in [6.45, 7) is 6.55. The third-order valence-electron chi connectivity index (χ3n) is 0.948. The molecule has 0 aromatic rings. The number of ether oxygens (including phenoxy) is 3. The molecule has 11 heavy (non-hydrogen) atoms. The molecule has 0 amide bonds. The van der Waals surface area contributed by atoms with Crippen LogP contribution >= 0.6 is 0 Å². The average molecular weight is 186 g/mol. The molecule has 4 heteroatoms. The Labute approximate surface area is 111 Å². The Morgan fingerprint density at radius 3 is 2.09 bits per heavy atom. The van der Waals surface area contributed by atoms with Crippen LogP contribution in [0, 0.1) is 6.92 Å². The van der Waals surface area contributed by atoms with Crippen LogP contribution in [-0.4, -0.2) is 40.1 Å². The zero-order valence-corrected chi connectivity index (χ0v) is 10.6. The Balaban J connectivity index is 0. The van der Waals surface area contributed by atoms with Crippen LogP contribution < -0.4 is 51.4 Å². The van der Waals surface area contributed by atoms with Crippen LogP contribution in [0.1, 0.15) is 0 Å². The second kappa shape index (κ2) is 14.1. The maximum Gasteiger partial charge on any atom is 1.00 e. The fourth-order valence-corrected chi connectivity index (χ4v) is 0.464. The van der Waals surface area contributed by atoms with Crippen LogP contribution in [0.2, 0.25) is 0 Å². The molecule has 0 radical (unpaired) electrons. The van der Waals surface area contributed by atoms with Crippen LogP contribution in [0.3, 0.4) is 0 Å². The van der Waals surface area contributed by atoms with Crippen molar-refractivity contribution in [2.45, 2.75) is 0 Å². The molecule has 0 atom stereocenters. The first-order valence-electron chi connectivity index (χ1n) is 3.35. The molecule has 0 aliphatic heterocycles. The first-order chi connectivity index (χ1) is 4.91. The summed E-state index contributed by atoms with van der Waals surface area (Å²) in [5.74, 6) is 0. The van der Waals surface area contributed by atoms with Gasteiger partial charge in [0.1, 0.15) is 0 Å². The Morgan fingerprint density at radius 1 is 1.00 bits per heavy atom. The molecule has 0 aromatic heterocycles. The molecule has 0 bridgehead atoms. The van der Waals surface area contributed by atoms with Crippen LogP contribution in [0.25, 0.3) is 0 Å². The summed E-state index contributed by atoms with van der Waals surface area (Å²) in [5, 5.41) is 0. The van der Waals surface area contributed by atoms with Crippen molar-refractivity contribution in [3.8, 4) is 0 Å². The summed E-state index contributed by atoms with van der Waals surface area (Å²) in [6, 6.07) is 0. The molecule has 0 heterocycles. The van der Waals surface area contributed by atoms with Crippen LogP contribution in [-0.2, 0) is 14.2 Å². The van der Waals surface area contributed by atoms with Gasteiger partial charge in [0.15, 0.2) is 0 Å². The fraction of sp³-hybridized carbons (Fsp3) is 0.857. The van der Waals surface area contributed by atoms with Crippen molar-refractivity contribution in [3.05, 3.63) is 6.92 Å². The zero-order chi connectivity index (χ0) is 7.66. The van der Waals surface area contributed by atoms with Crippen LogP contribution in [0.15, 0.2) is 0 Å². The first kappa shape index (κ1) is 15.0. The molecule has 0 N–H and O–H groups in total. The van der Waals surface area contributed by atoms with E-state index in [-0.39, 0.29) is 51.4 Å². The second-order valence-corrected chi connectivity index (χ2v) is 1.72. The van der Waals surface area contributed by atoms with Gasteiger partial charge in [0.2, 0.25) is 0 Å². The van der Waals surface area contributed by atoms with E-state index in [0.29, 0.717) is 33.0 Å². The van der Waals surface area contributed by atoms with Crippen molar-refractivity contribution in [2.24, 2.45) is 0 Å². The number of hydrogen-bond donors (Lipinski definition) is 0. The molecule has 3 nitrogen and oxygen atoms in total. The molecule has 0 spiro atoms. The Bertz CT molecular complexity index is 53.6. The maximum absolute atomic E-state index is 5.10. The summed E-state index contributed by atoms with van der Waals surface area (Å²) >= 11 is 0. The van der Waals surface area contributed by atoms with E-state index in [0.717, 1.165) is 0 Å². The zero-order valence-electron chi connectivity index (χ0n) is 7.47. The van der Waals surface area contributed by atoms with Crippen molar-refractivity contribution < 1.29 is 65.6 Å². The minimum atomic E-state index is 0. The van der Waals surface area contributed by atoms with E-state index < -0.39 is 0 Å². The van der Waals surface area contributed by atoms with Gasteiger partial charge in [-0.05, 0) is 0 Å². The summed E-state index contributed by atoms with van der Waals surface area (Å²) in [5.41, 5.74) is 0. The monoisotopic (exact) mass is 186 g/mol. The van der Waals surface area contributed by atoms with E-state index in [4.69, 9.17) is 14.2 Å². The summed E-state index contributed by atoms with van der Waals surface area (Å²) < 4.78 is 14.8. The van der Waals surface area contributed by atoms with Gasteiger partial charge in [-0.1, -0.05) is 6.61 Å². The Morgan fingerprint density at radius 2 is 1.55 bits per heavy atom. The SMILES string of the molecule is [CH2-]COCCOCCOC.[K+]. The standard InChI is InChI=1S/C7H15O3.K/c1-3-9-6-7-10-5-4-8-2;/h1,3-7H2,2H3;/q-1;+1. The first-order valence-corrected chi connectivity index (χ1v) is 3.35. The van der Waals surface area contributed by atoms with Crippen LogP contribution in [0.5, 0.6) is 0 Å². The van der Waals surface area contributed by atoms with Gasteiger partial charge in [-0.3, -0.25) is 0 Å². The largest absolute Gasteiger partial charge is 1.00 e. The summed E-state index contributed by atoms with van der Waals surface area (Å²) in [7, 11) is 1.65. The minimum absolute atomic E-state index is 0. The third-order valence-corrected chi connectivity index (χ3v) is 0.948. The van der Waals surface area contributed by atoms with Gasteiger partial charge >= 0.3 is 51.4 Å². The Hall–Kier alpha value is 1.52. The normalized spacial score (nSPS) is 9.27. The molecule has 0 rings (SSSR count). The second-order valence-electron chi connectivity index (χ2n) is 1.72. The van der Waals surface area contributed by atoms with Crippen molar-refractivity contribution in [1.82, 2.24) is 0 Å². The predicted octanol–water partition coefficient (Wildman–Crippen LogP) is -2.50. The molecule has 0 aliphatic rings. The van der Waals surface area contributed by atoms with E-state index in [9.17, 15) is 0 Å². The van der Waals surface area contributed by atoms with Crippen molar-refractivity contribution >= 4 is 0 Å². The number of hydrogen-bond acceptors (Lipinski definition) is 3. The van der Waals surface area contributed by atoms with E-state index in [1.165, 1.54) is 0 Å². The molecule has 0 aliphatic carbocycles. The fourth-order valence-electron chi connectivity index (χ4n) is 0.464. The molecule has 0 saturated heterocycles. The summed E-state index contributed by atoms with van der Waals surface area (Å²) in [4.78, 5) is 0.